The molecule has 0 spiro atoms. The smallest absolute Gasteiger partial charge is 0.219 e. The maximum atomic E-state index is 12.2. The van der Waals surface area contributed by atoms with Crippen LogP contribution in [0, 0.1) is 6.92 Å². The Balaban J connectivity index is 1.60. The molecule has 1 amide bonds. The van der Waals surface area contributed by atoms with Gasteiger partial charge in [0.15, 0.2) is 0 Å². The fourth-order valence-corrected chi connectivity index (χ4v) is 4.25. The van der Waals surface area contributed by atoms with E-state index in [1.807, 2.05) is 18.0 Å². The molecule has 134 valence electrons. The van der Waals surface area contributed by atoms with E-state index >= 15 is 0 Å². The van der Waals surface area contributed by atoms with Crippen LogP contribution in [0.5, 0.6) is 0 Å². The minimum Gasteiger partial charge on any atom is -0.335 e. The fraction of sp³-hybridized carbons (Fsp3) is 0.556. The third-order valence-corrected chi connectivity index (χ3v) is 5.55. The van der Waals surface area contributed by atoms with Gasteiger partial charge < -0.3 is 4.90 Å². The highest BCUT2D eigenvalue weighted by molar-refractivity contribution is 7.11. The van der Waals surface area contributed by atoms with Crippen LogP contribution < -0.4 is 0 Å². The molecule has 7 heteroatoms. The number of aryl methyl sites for hydroxylation is 1. The van der Waals surface area contributed by atoms with Crippen molar-refractivity contribution < 1.29 is 4.79 Å². The number of aromatic nitrogens is 3. The van der Waals surface area contributed by atoms with Gasteiger partial charge in [0.1, 0.15) is 6.33 Å². The van der Waals surface area contributed by atoms with Crippen molar-refractivity contribution in [2.45, 2.75) is 52.2 Å². The molecule has 2 aromatic rings. The summed E-state index contributed by atoms with van der Waals surface area (Å²) in [4.78, 5) is 30.5. The summed E-state index contributed by atoms with van der Waals surface area (Å²) in [5.41, 5.74) is 0.985. The summed E-state index contributed by atoms with van der Waals surface area (Å²) in [7, 11) is 0. The van der Waals surface area contributed by atoms with Gasteiger partial charge in [0.25, 0.3) is 0 Å². The lowest BCUT2D eigenvalue weighted by atomic mass is 10.1. The standard InChI is InChI=1S/C18H25N5OS/c1-14-21-10-18(25-14)12-22-6-3-4-17(5-7-22)23(15(2)24)11-16-8-19-13-20-9-16/h8-10,13,17H,3-7,11-12H2,1-2H3. The second-order valence-corrected chi connectivity index (χ2v) is 7.92. The van der Waals surface area contributed by atoms with Gasteiger partial charge >= 0.3 is 0 Å². The normalized spacial score (nSPS) is 18.7. The van der Waals surface area contributed by atoms with Gasteiger partial charge in [-0.05, 0) is 32.7 Å². The summed E-state index contributed by atoms with van der Waals surface area (Å²) < 4.78 is 0. The number of hydrogen-bond acceptors (Lipinski definition) is 6. The van der Waals surface area contributed by atoms with Gasteiger partial charge in [0.05, 0.1) is 5.01 Å². The molecule has 1 fully saturated rings. The van der Waals surface area contributed by atoms with E-state index in [1.165, 1.54) is 11.2 Å². The molecule has 0 aliphatic carbocycles. The molecule has 0 bridgehead atoms. The van der Waals surface area contributed by atoms with Gasteiger partial charge in [-0.2, -0.15) is 0 Å². The molecule has 0 saturated carbocycles. The van der Waals surface area contributed by atoms with Crippen LogP contribution in [0.1, 0.15) is 41.6 Å². The molecule has 3 rings (SSSR count). The highest BCUT2D eigenvalue weighted by Gasteiger charge is 2.25. The Bertz CT molecular complexity index is 690. The van der Waals surface area contributed by atoms with Crippen molar-refractivity contribution in [3.63, 3.8) is 0 Å². The van der Waals surface area contributed by atoms with Gasteiger partial charge in [-0.1, -0.05) is 0 Å². The van der Waals surface area contributed by atoms with Crippen LogP contribution in [0.2, 0.25) is 0 Å². The Labute approximate surface area is 152 Å². The summed E-state index contributed by atoms with van der Waals surface area (Å²) in [6.45, 7) is 7.35. The fourth-order valence-electron chi connectivity index (χ4n) is 3.41. The third kappa shape index (κ3) is 5.06. The highest BCUT2D eigenvalue weighted by Crippen LogP contribution is 2.22. The first-order valence-corrected chi connectivity index (χ1v) is 9.58. The number of nitrogens with zero attached hydrogens (tertiary/aromatic N) is 5. The van der Waals surface area contributed by atoms with Crippen molar-refractivity contribution >= 4 is 17.2 Å². The molecular formula is C18H25N5OS. The summed E-state index contributed by atoms with van der Waals surface area (Å²) >= 11 is 1.77. The molecule has 1 atom stereocenters. The molecule has 0 N–H and O–H groups in total. The molecule has 1 aliphatic heterocycles. The van der Waals surface area contributed by atoms with E-state index in [0.717, 1.165) is 49.5 Å². The van der Waals surface area contributed by atoms with Crippen LogP contribution in [-0.4, -0.2) is 49.8 Å². The summed E-state index contributed by atoms with van der Waals surface area (Å²) in [6.07, 6.45) is 10.2. The van der Waals surface area contributed by atoms with E-state index in [4.69, 9.17) is 0 Å². The van der Waals surface area contributed by atoms with Gasteiger partial charge in [-0.25, -0.2) is 15.0 Å². The third-order valence-electron chi connectivity index (χ3n) is 4.65. The summed E-state index contributed by atoms with van der Waals surface area (Å²) in [6, 6.07) is 0.283. The number of carbonyl (C=O) groups is 1. The predicted octanol–water partition coefficient (Wildman–Crippen LogP) is 2.64. The molecule has 1 saturated heterocycles. The molecule has 0 radical (unpaired) electrons. The summed E-state index contributed by atoms with van der Waals surface area (Å²) in [5.74, 6) is 0.125. The molecule has 2 aromatic heterocycles. The lowest BCUT2D eigenvalue weighted by Gasteiger charge is -2.30. The average Bonchev–Trinajstić information content (AvgIpc) is 2.87. The van der Waals surface area contributed by atoms with E-state index in [2.05, 4.69) is 19.9 Å². The van der Waals surface area contributed by atoms with Gasteiger partial charge in [0.2, 0.25) is 5.91 Å². The van der Waals surface area contributed by atoms with Gasteiger partial charge in [-0.3, -0.25) is 9.69 Å². The topological polar surface area (TPSA) is 62.2 Å². The number of hydrogen-bond donors (Lipinski definition) is 0. The van der Waals surface area contributed by atoms with E-state index in [-0.39, 0.29) is 11.9 Å². The van der Waals surface area contributed by atoms with Crippen molar-refractivity contribution in [2.24, 2.45) is 0 Å². The minimum absolute atomic E-state index is 0.125. The maximum Gasteiger partial charge on any atom is 0.219 e. The SMILES string of the molecule is CC(=O)N(Cc1cncnc1)C1CCCN(Cc2cnc(C)s2)CC1. The molecule has 3 heterocycles. The van der Waals surface area contributed by atoms with Crippen LogP contribution >= 0.6 is 11.3 Å². The maximum absolute atomic E-state index is 12.2. The Morgan fingerprint density at radius 3 is 2.76 bits per heavy atom. The predicted molar refractivity (Wildman–Crippen MR) is 98.0 cm³/mol. The first-order chi connectivity index (χ1) is 12.1. The van der Waals surface area contributed by atoms with E-state index in [1.54, 1.807) is 30.7 Å². The first-order valence-electron chi connectivity index (χ1n) is 8.76. The molecule has 1 unspecified atom stereocenters. The Morgan fingerprint density at radius 1 is 1.28 bits per heavy atom. The minimum atomic E-state index is 0.125. The van der Waals surface area contributed by atoms with Crippen molar-refractivity contribution in [2.75, 3.05) is 13.1 Å². The zero-order chi connectivity index (χ0) is 17.6. The Kier molecular flexibility index (Phi) is 6.09. The van der Waals surface area contributed by atoms with Crippen molar-refractivity contribution in [1.29, 1.82) is 0 Å². The zero-order valence-corrected chi connectivity index (χ0v) is 15.7. The molecule has 0 aromatic carbocycles. The van der Waals surface area contributed by atoms with Crippen molar-refractivity contribution in [3.8, 4) is 0 Å². The molecule has 25 heavy (non-hydrogen) atoms. The Hall–Kier alpha value is -1.86. The van der Waals surface area contributed by atoms with Crippen LogP contribution in [-0.2, 0) is 17.9 Å². The summed E-state index contributed by atoms with van der Waals surface area (Å²) in [5, 5.41) is 1.12. The van der Waals surface area contributed by atoms with Crippen LogP contribution in [0.15, 0.2) is 24.9 Å². The lowest BCUT2D eigenvalue weighted by molar-refractivity contribution is -0.132. The highest BCUT2D eigenvalue weighted by atomic mass is 32.1. The van der Waals surface area contributed by atoms with Crippen LogP contribution in [0.3, 0.4) is 0 Å². The van der Waals surface area contributed by atoms with E-state index in [9.17, 15) is 4.79 Å². The first kappa shape index (κ1) is 17.9. The number of thiazole rings is 1. The lowest BCUT2D eigenvalue weighted by Crippen LogP contribution is -2.39. The molecular weight excluding hydrogens is 334 g/mol. The number of carbonyl (C=O) groups excluding carboxylic acids is 1. The average molecular weight is 359 g/mol. The van der Waals surface area contributed by atoms with Gasteiger partial charge in [-0.15, -0.1) is 11.3 Å². The van der Waals surface area contributed by atoms with Crippen LogP contribution in [0.25, 0.3) is 0 Å². The largest absolute Gasteiger partial charge is 0.335 e. The van der Waals surface area contributed by atoms with Gasteiger partial charge in [0, 0.05) is 61.6 Å². The second-order valence-electron chi connectivity index (χ2n) is 6.60. The van der Waals surface area contributed by atoms with Crippen molar-refractivity contribution in [1.82, 2.24) is 24.8 Å². The molecule has 6 nitrogen and oxygen atoms in total. The van der Waals surface area contributed by atoms with Crippen LogP contribution in [0.4, 0.5) is 0 Å². The zero-order valence-electron chi connectivity index (χ0n) is 14.9. The van der Waals surface area contributed by atoms with E-state index < -0.39 is 0 Å². The second kappa shape index (κ2) is 8.49. The quantitative estimate of drug-likeness (QED) is 0.821. The molecule has 1 aliphatic rings. The number of rotatable bonds is 5. The van der Waals surface area contributed by atoms with E-state index in [0.29, 0.717) is 6.54 Å². The number of likely N-dealkylation sites (tertiary alicyclic amines) is 1. The Morgan fingerprint density at radius 2 is 2.08 bits per heavy atom. The van der Waals surface area contributed by atoms with Crippen molar-refractivity contribution in [3.05, 3.63) is 40.4 Å². The monoisotopic (exact) mass is 359 g/mol. The number of amides is 1.